The lowest BCUT2D eigenvalue weighted by molar-refractivity contribution is -0.384. The Bertz CT molecular complexity index is 928. The van der Waals surface area contributed by atoms with Crippen molar-refractivity contribution in [3.63, 3.8) is 0 Å². The minimum atomic E-state index is -1.17. The second-order valence-corrected chi connectivity index (χ2v) is 6.03. The molecule has 8 nitrogen and oxygen atoms in total. The summed E-state index contributed by atoms with van der Waals surface area (Å²) in [6.45, 7) is 1.36. The number of nitro benzene ring substituents is 1. The van der Waals surface area contributed by atoms with Gasteiger partial charge in [-0.25, -0.2) is 4.79 Å². The van der Waals surface area contributed by atoms with E-state index in [1.54, 1.807) is 24.3 Å². The summed E-state index contributed by atoms with van der Waals surface area (Å²) < 4.78 is 9.95. The van der Waals surface area contributed by atoms with E-state index >= 15 is 0 Å². The highest BCUT2D eigenvalue weighted by atomic mass is 35.5. The van der Waals surface area contributed by atoms with Gasteiger partial charge in [-0.2, -0.15) is 0 Å². The Hall–Kier alpha value is -3.39. The fourth-order valence-electron chi connectivity index (χ4n) is 2.17. The summed E-state index contributed by atoms with van der Waals surface area (Å²) in [4.78, 5) is 34.6. The van der Waals surface area contributed by atoms with Gasteiger partial charge in [0.1, 0.15) is 11.4 Å². The summed E-state index contributed by atoms with van der Waals surface area (Å²) in [7, 11) is 1.37. The monoisotopic (exact) mass is 404 g/mol. The van der Waals surface area contributed by atoms with E-state index in [9.17, 15) is 19.7 Å². The molecule has 9 heteroatoms. The fraction of sp³-hybridized carbons (Fsp3) is 0.158. The molecule has 0 saturated heterocycles. The van der Waals surface area contributed by atoms with Crippen LogP contribution >= 0.6 is 11.6 Å². The molecule has 2 rings (SSSR count). The summed E-state index contributed by atoms with van der Waals surface area (Å²) in [5.41, 5.74) is 0.315. The van der Waals surface area contributed by atoms with Crippen molar-refractivity contribution in [1.29, 1.82) is 0 Å². The summed E-state index contributed by atoms with van der Waals surface area (Å²) in [6, 6.07) is 10.8. The minimum Gasteiger partial charge on any atom is -0.496 e. The van der Waals surface area contributed by atoms with Crippen molar-refractivity contribution in [1.82, 2.24) is 0 Å². The predicted octanol–water partition coefficient (Wildman–Crippen LogP) is 3.84. The normalized spacial score (nSPS) is 11.7. The largest absolute Gasteiger partial charge is 0.496 e. The fourth-order valence-corrected chi connectivity index (χ4v) is 2.37. The maximum absolute atomic E-state index is 12.2. The summed E-state index contributed by atoms with van der Waals surface area (Å²) in [5.74, 6) is -1.18. The number of halogens is 1. The van der Waals surface area contributed by atoms with Crippen LogP contribution in [0.3, 0.4) is 0 Å². The average molecular weight is 405 g/mol. The van der Waals surface area contributed by atoms with E-state index in [0.29, 0.717) is 10.6 Å². The van der Waals surface area contributed by atoms with Gasteiger partial charge in [0, 0.05) is 11.1 Å². The number of rotatable bonds is 7. The molecule has 1 unspecified atom stereocenters. The molecule has 0 fully saturated rings. The van der Waals surface area contributed by atoms with Gasteiger partial charge in [-0.3, -0.25) is 14.9 Å². The second kappa shape index (κ2) is 9.52. The van der Waals surface area contributed by atoms with Crippen LogP contribution in [0.25, 0.3) is 6.08 Å². The highest BCUT2D eigenvalue weighted by Crippen LogP contribution is 2.29. The van der Waals surface area contributed by atoms with Crippen molar-refractivity contribution in [3.8, 4) is 5.75 Å². The predicted molar refractivity (Wildman–Crippen MR) is 104 cm³/mol. The first-order valence-electron chi connectivity index (χ1n) is 8.07. The summed E-state index contributed by atoms with van der Waals surface area (Å²) >= 11 is 5.86. The van der Waals surface area contributed by atoms with Gasteiger partial charge in [-0.15, -0.1) is 0 Å². The lowest BCUT2D eigenvalue weighted by Crippen LogP contribution is -2.29. The quantitative estimate of drug-likeness (QED) is 0.325. The molecule has 2 aromatic carbocycles. The molecule has 0 aromatic heterocycles. The molecule has 0 saturated carbocycles. The van der Waals surface area contributed by atoms with E-state index in [2.05, 4.69) is 5.32 Å². The lowest BCUT2D eigenvalue weighted by Gasteiger charge is -2.13. The number of carbonyl (C=O) groups excluding carboxylic acids is 2. The van der Waals surface area contributed by atoms with Gasteiger partial charge in [-0.1, -0.05) is 23.7 Å². The summed E-state index contributed by atoms with van der Waals surface area (Å²) in [5, 5.41) is 14.1. The molecular weight excluding hydrogens is 388 g/mol. The van der Waals surface area contributed by atoms with Crippen molar-refractivity contribution in [2.24, 2.45) is 0 Å². The smallest absolute Gasteiger partial charge is 0.331 e. The molecule has 28 heavy (non-hydrogen) atoms. The number of nitrogens with one attached hydrogen (secondary N) is 1. The second-order valence-electron chi connectivity index (χ2n) is 5.60. The van der Waals surface area contributed by atoms with Gasteiger partial charge in [0.25, 0.3) is 11.6 Å². The number of hydrogen-bond donors (Lipinski definition) is 1. The SMILES string of the molecule is COc1ccc(NC(=O)C(C)OC(=O)/C=C/c2cccc(Cl)c2)c([N+](=O)[O-])c1. The van der Waals surface area contributed by atoms with Gasteiger partial charge in [0.05, 0.1) is 18.1 Å². The number of benzene rings is 2. The molecular formula is C19H17ClN2O6. The van der Waals surface area contributed by atoms with E-state index < -0.39 is 22.9 Å². The first-order valence-corrected chi connectivity index (χ1v) is 8.45. The van der Waals surface area contributed by atoms with Gasteiger partial charge in [-0.05, 0) is 42.8 Å². The molecule has 2 aromatic rings. The Labute approximate surface area is 165 Å². The molecule has 0 heterocycles. The van der Waals surface area contributed by atoms with Crippen molar-refractivity contribution in [2.75, 3.05) is 12.4 Å². The number of nitrogens with zero attached hydrogens (tertiary/aromatic N) is 1. The van der Waals surface area contributed by atoms with Crippen LogP contribution in [0.4, 0.5) is 11.4 Å². The highest BCUT2D eigenvalue weighted by molar-refractivity contribution is 6.30. The third-order valence-corrected chi connectivity index (χ3v) is 3.82. The Morgan fingerprint density at radius 1 is 1.25 bits per heavy atom. The number of esters is 1. The molecule has 0 radical (unpaired) electrons. The molecule has 1 N–H and O–H groups in total. The molecule has 0 spiro atoms. The topological polar surface area (TPSA) is 108 Å². The zero-order valence-electron chi connectivity index (χ0n) is 15.0. The Morgan fingerprint density at radius 3 is 2.64 bits per heavy atom. The third-order valence-electron chi connectivity index (χ3n) is 3.58. The van der Waals surface area contributed by atoms with Crippen LogP contribution in [0.2, 0.25) is 5.02 Å². The van der Waals surface area contributed by atoms with Crippen LogP contribution in [0.1, 0.15) is 12.5 Å². The van der Waals surface area contributed by atoms with Crippen LogP contribution < -0.4 is 10.1 Å². The zero-order valence-corrected chi connectivity index (χ0v) is 15.8. The van der Waals surface area contributed by atoms with Crippen molar-refractivity contribution in [3.05, 3.63) is 69.2 Å². The zero-order chi connectivity index (χ0) is 20.7. The number of anilines is 1. The van der Waals surface area contributed by atoms with Crippen molar-refractivity contribution in [2.45, 2.75) is 13.0 Å². The molecule has 1 atom stereocenters. The van der Waals surface area contributed by atoms with Crippen molar-refractivity contribution < 1.29 is 24.0 Å². The van der Waals surface area contributed by atoms with E-state index in [1.165, 1.54) is 38.3 Å². The van der Waals surface area contributed by atoms with Gasteiger partial charge >= 0.3 is 5.97 Å². The van der Waals surface area contributed by atoms with Gasteiger partial charge < -0.3 is 14.8 Å². The number of methoxy groups -OCH3 is 1. The highest BCUT2D eigenvalue weighted by Gasteiger charge is 2.22. The summed E-state index contributed by atoms with van der Waals surface area (Å²) in [6.07, 6.45) is 1.48. The van der Waals surface area contributed by atoms with Gasteiger partial charge in [0.2, 0.25) is 0 Å². The molecule has 146 valence electrons. The number of carbonyl (C=O) groups is 2. The van der Waals surface area contributed by atoms with Crippen molar-refractivity contribution >= 4 is 40.9 Å². The number of ether oxygens (including phenoxy) is 2. The van der Waals surface area contributed by atoms with E-state index in [0.717, 1.165) is 6.08 Å². The number of hydrogen-bond acceptors (Lipinski definition) is 6. The standard InChI is InChI=1S/C19H17ClN2O6/c1-12(28-18(23)9-6-13-4-3-5-14(20)10-13)19(24)21-16-8-7-15(27-2)11-17(16)22(25)26/h3-12H,1-2H3,(H,21,24)/b9-6+. The molecule has 0 aliphatic heterocycles. The number of amides is 1. The molecule has 0 aliphatic carbocycles. The van der Waals surface area contributed by atoms with Crippen LogP contribution in [-0.4, -0.2) is 30.0 Å². The number of nitro groups is 1. The third kappa shape index (κ3) is 5.82. The Kier molecular flexibility index (Phi) is 7.11. The van der Waals surface area contributed by atoms with Crippen LogP contribution in [-0.2, 0) is 14.3 Å². The molecule has 1 amide bonds. The van der Waals surface area contributed by atoms with Crippen LogP contribution in [0, 0.1) is 10.1 Å². The van der Waals surface area contributed by atoms with E-state index in [1.807, 2.05) is 0 Å². The minimum absolute atomic E-state index is 0.0341. The lowest BCUT2D eigenvalue weighted by atomic mass is 10.2. The first kappa shape index (κ1) is 20.9. The average Bonchev–Trinajstić information content (AvgIpc) is 2.66. The first-order chi connectivity index (χ1) is 13.3. The van der Waals surface area contributed by atoms with Gasteiger partial charge in [0.15, 0.2) is 6.10 Å². The maximum Gasteiger partial charge on any atom is 0.331 e. The Morgan fingerprint density at radius 2 is 2.00 bits per heavy atom. The Balaban J connectivity index is 2.01. The molecule has 0 bridgehead atoms. The van der Waals surface area contributed by atoms with E-state index in [4.69, 9.17) is 21.1 Å². The molecule has 0 aliphatic rings. The van der Waals surface area contributed by atoms with Crippen LogP contribution in [0.15, 0.2) is 48.5 Å². The van der Waals surface area contributed by atoms with E-state index in [-0.39, 0.29) is 17.1 Å². The van der Waals surface area contributed by atoms with Crippen LogP contribution in [0.5, 0.6) is 5.75 Å². The maximum atomic E-state index is 12.2.